The summed E-state index contributed by atoms with van der Waals surface area (Å²) < 4.78 is 5.04. The predicted molar refractivity (Wildman–Crippen MR) is 117 cm³/mol. The molecule has 2 rings (SSSR count). The van der Waals surface area contributed by atoms with Gasteiger partial charge in [0, 0.05) is 11.6 Å². The third kappa shape index (κ3) is 8.75. The number of nitrogens with one attached hydrogen (secondary N) is 3. The van der Waals surface area contributed by atoms with Gasteiger partial charge in [-0.15, -0.1) is 0 Å². The summed E-state index contributed by atoms with van der Waals surface area (Å²) in [4.78, 5) is 47.9. The second-order valence-corrected chi connectivity index (χ2v) is 8.31. The SMILES string of the molecule is CC(OC(=O)CNC(=O)CNC(=O)c1ccc(Cl)cc1Cl)C(=O)NCC1CCCCC1. The van der Waals surface area contributed by atoms with Gasteiger partial charge in [-0.3, -0.25) is 19.2 Å². The topological polar surface area (TPSA) is 114 Å². The molecule has 1 aliphatic rings. The van der Waals surface area contributed by atoms with Crippen molar-refractivity contribution in [1.29, 1.82) is 0 Å². The Kier molecular flexibility index (Phi) is 10.1. The van der Waals surface area contributed by atoms with Crippen LogP contribution in [0.15, 0.2) is 18.2 Å². The lowest BCUT2D eigenvalue weighted by molar-refractivity contribution is -0.154. The third-order valence-electron chi connectivity index (χ3n) is 4.98. The van der Waals surface area contributed by atoms with Crippen molar-refractivity contribution in [2.24, 2.45) is 5.92 Å². The van der Waals surface area contributed by atoms with Crippen LogP contribution in [0.2, 0.25) is 10.0 Å². The normalized spacial score (nSPS) is 14.9. The number of hydrogen-bond acceptors (Lipinski definition) is 5. The van der Waals surface area contributed by atoms with Gasteiger partial charge in [0.15, 0.2) is 6.10 Å². The number of ether oxygens (including phenoxy) is 1. The zero-order valence-electron chi connectivity index (χ0n) is 17.3. The molecule has 1 saturated carbocycles. The van der Waals surface area contributed by atoms with Gasteiger partial charge in [-0.05, 0) is 43.9 Å². The molecule has 1 aliphatic carbocycles. The molecule has 3 N–H and O–H groups in total. The zero-order valence-corrected chi connectivity index (χ0v) is 18.9. The number of carbonyl (C=O) groups is 4. The molecule has 10 heteroatoms. The molecule has 0 aliphatic heterocycles. The molecule has 1 aromatic rings. The molecular formula is C21H27Cl2N3O5. The van der Waals surface area contributed by atoms with E-state index in [-0.39, 0.29) is 23.0 Å². The van der Waals surface area contributed by atoms with Crippen molar-refractivity contribution in [3.05, 3.63) is 33.8 Å². The minimum absolute atomic E-state index is 0.157. The van der Waals surface area contributed by atoms with Gasteiger partial charge < -0.3 is 20.7 Å². The summed E-state index contributed by atoms with van der Waals surface area (Å²) in [7, 11) is 0. The van der Waals surface area contributed by atoms with E-state index in [0.717, 1.165) is 12.8 Å². The molecule has 1 fully saturated rings. The largest absolute Gasteiger partial charge is 0.451 e. The molecule has 0 spiro atoms. The fraction of sp³-hybridized carbons (Fsp3) is 0.524. The van der Waals surface area contributed by atoms with Crippen molar-refractivity contribution in [2.75, 3.05) is 19.6 Å². The van der Waals surface area contributed by atoms with Gasteiger partial charge >= 0.3 is 5.97 Å². The first kappa shape index (κ1) is 24.9. The smallest absolute Gasteiger partial charge is 0.326 e. The first-order valence-electron chi connectivity index (χ1n) is 10.2. The maximum absolute atomic E-state index is 12.1. The number of hydrogen-bond donors (Lipinski definition) is 3. The Morgan fingerprint density at radius 3 is 2.42 bits per heavy atom. The van der Waals surface area contributed by atoms with Crippen LogP contribution in [0.5, 0.6) is 0 Å². The Morgan fingerprint density at radius 1 is 1.03 bits per heavy atom. The molecule has 0 bridgehead atoms. The number of esters is 1. The number of benzene rings is 1. The highest BCUT2D eigenvalue weighted by molar-refractivity contribution is 6.36. The van der Waals surface area contributed by atoms with E-state index in [1.807, 2.05) is 0 Å². The standard InChI is InChI=1S/C21H27Cl2N3O5/c1-13(20(29)25-10-14-5-3-2-4-6-14)31-19(28)12-24-18(27)11-26-21(30)16-8-7-15(22)9-17(16)23/h7-9,13-14H,2-6,10-12H2,1H3,(H,24,27)(H,25,29)(H,26,30). The molecular weight excluding hydrogens is 445 g/mol. The Hall–Kier alpha value is -2.32. The highest BCUT2D eigenvalue weighted by atomic mass is 35.5. The van der Waals surface area contributed by atoms with E-state index in [2.05, 4.69) is 16.0 Å². The predicted octanol–water partition coefficient (Wildman–Crippen LogP) is 2.47. The first-order chi connectivity index (χ1) is 14.8. The Labute approximate surface area is 191 Å². The fourth-order valence-corrected chi connectivity index (χ4v) is 3.73. The van der Waals surface area contributed by atoms with Gasteiger partial charge in [0.05, 0.1) is 17.1 Å². The summed E-state index contributed by atoms with van der Waals surface area (Å²) in [5, 5.41) is 8.07. The zero-order chi connectivity index (χ0) is 22.8. The summed E-state index contributed by atoms with van der Waals surface area (Å²) in [5.41, 5.74) is 0.173. The summed E-state index contributed by atoms with van der Waals surface area (Å²) in [6.45, 7) is 1.28. The Balaban J connectivity index is 1.64. The summed E-state index contributed by atoms with van der Waals surface area (Å²) in [6.07, 6.45) is 4.83. The second-order valence-electron chi connectivity index (χ2n) is 7.46. The molecule has 8 nitrogen and oxygen atoms in total. The first-order valence-corrected chi connectivity index (χ1v) is 11.0. The van der Waals surface area contributed by atoms with Gasteiger partial charge in [-0.25, -0.2) is 0 Å². The van der Waals surface area contributed by atoms with Crippen molar-refractivity contribution in [3.8, 4) is 0 Å². The quantitative estimate of drug-likeness (QED) is 0.478. The van der Waals surface area contributed by atoms with Crippen LogP contribution in [-0.2, 0) is 19.1 Å². The summed E-state index contributed by atoms with van der Waals surface area (Å²) in [5.74, 6) is -1.79. The van der Waals surface area contributed by atoms with E-state index in [1.54, 1.807) is 0 Å². The maximum Gasteiger partial charge on any atom is 0.326 e. The lowest BCUT2D eigenvalue weighted by Gasteiger charge is -2.22. The minimum atomic E-state index is -0.959. The van der Waals surface area contributed by atoms with Crippen molar-refractivity contribution >= 4 is 46.9 Å². The van der Waals surface area contributed by atoms with E-state index >= 15 is 0 Å². The lowest BCUT2D eigenvalue weighted by atomic mass is 9.89. The van der Waals surface area contributed by atoms with E-state index < -0.39 is 30.4 Å². The van der Waals surface area contributed by atoms with Crippen molar-refractivity contribution in [2.45, 2.75) is 45.1 Å². The van der Waals surface area contributed by atoms with Gasteiger partial charge in [0.1, 0.15) is 6.54 Å². The van der Waals surface area contributed by atoms with Crippen LogP contribution < -0.4 is 16.0 Å². The average molecular weight is 472 g/mol. The molecule has 0 saturated heterocycles. The molecule has 3 amide bonds. The van der Waals surface area contributed by atoms with Crippen LogP contribution >= 0.6 is 23.2 Å². The fourth-order valence-electron chi connectivity index (χ4n) is 3.23. The molecule has 31 heavy (non-hydrogen) atoms. The van der Waals surface area contributed by atoms with E-state index in [9.17, 15) is 19.2 Å². The minimum Gasteiger partial charge on any atom is -0.451 e. The van der Waals surface area contributed by atoms with Gasteiger partial charge in [0.25, 0.3) is 11.8 Å². The Bertz CT molecular complexity index is 812. The van der Waals surface area contributed by atoms with Crippen LogP contribution in [0.25, 0.3) is 0 Å². The molecule has 1 atom stereocenters. The van der Waals surface area contributed by atoms with Crippen LogP contribution in [0.1, 0.15) is 49.4 Å². The van der Waals surface area contributed by atoms with E-state index in [0.29, 0.717) is 17.5 Å². The average Bonchev–Trinajstić information content (AvgIpc) is 2.75. The second kappa shape index (κ2) is 12.5. The van der Waals surface area contributed by atoms with Crippen LogP contribution in [0.3, 0.4) is 0 Å². The van der Waals surface area contributed by atoms with Crippen LogP contribution in [-0.4, -0.2) is 49.4 Å². The highest BCUT2D eigenvalue weighted by Gasteiger charge is 2.20. The molecule has 0 radical (unpaired) electrons. The van der Waals surface area contributed by atoms with E-state index in [4.69, 9.17) is 27.9 Å². The molecule has 0 heterocycles. The van der Waals surface area contributed by atoms with Crippen molar-refractivity contribution in [3.63, 3.8) is 0 Å². The molecule has 170 valence electrons. The highest BCUT2D eigenvalue weighted by Crippen LogP contribution is 2.23. The number of carbonyl (C=O) groups excluding carboxylic acids is 4. The summed E-state index contributed by atoms with van der Waals surface area (Å²) >= 11 is 11.7. The summed E-state index contributed by atoms with van der Waals surface area (Å²) in [6, 6.07) is 4.36. The number of halogens is 2. The van der Waals surface area contributed by atoms with Crippen molar-refractivity contribution in [1.82, 2.24) is 16.0 Å². The molecule has 1 unspecified atom stereocenters. The van der Waals surface area contributed by atoms with Gasteiger partial charge in [-0.1, -0.05) is 42.5 Å². The Morgan fingerprint density at radius 2 is 1.74 bits per heavy atom. The van der Waals surface area contributed by atoms with Gasteiger partial charge in [-0.2, -0.15) is 0 Å². The van der Waals surface area contributed by atoms with Crippen molar-refractivity contribution < 1.29 is 23.9 Å². The number of amides is 3. The third-order valence-corrected chi connectivity index (χ3v) is 5.53. The van der Waals surface area contributed by atoms with Crippen LogP contribution in [0, 0.1) is 5.92 Å². The number of rotatable bonds is 9. The van der Waals surface area contributed by atoms with Crippen LogP contribution in [0.4, 0.5) is 0 Å². The van der Waals surface area contributed by atoms with E-state index in [1.165, 1.54) is 44.4 Å². The monoisotopic (exact) mass is 471 g/mol. The maximum atomic E-state index is 12.1. The lowest BCUT2D eigenvalue weighted by Crippen LogP contribution is -2.42. The molecule has 0 aromatic heterocycles. The molecule has 1 aromatic carbocycles. The van der Waals surface area contributed by atoms with Gasteiger partial charge in [0.2, 0.25) is 5.91 Å².